The zero-order valence-corrected chi connectivity index (χ0v) is 12.8. The predicted molar refractivity (Wildman–Crippen MR) is 82.7 cm³/mol. The van der Waals surface area contributed by atoms with E-state index in [-0.39, 0.29) is 17.9 Å². The van der Waals surface area contributed by atoms with Crippen molar-refractivity contribution in [3.8, 4) is 5.75 Å². The molecule has 1 fully saturated rings. The smallest absolute Gasteiger partial charge is 0.234 e. The lowest BCUT2D eigenvalue weighted by Crippen LogP contribution is -2.52. The highest BCUT2D eigenvalue weighted by Gasteiger charge is 2.22. The summed E-state index contributed by atoms with van der Waals surface area (Å²) >= 11 is 1.67. The van der Waals surface area contributed by atoms with Gasteiger partial charge in [0.15, 0.2) is 0 Å². The van der Waals surface area contributed by atoms with E-state index in [1.54, 1.807) is 18.9 Å². The molecule has 1 aromatic carbocycles. The summed E-state index contributed by atoms with van der Waals surface area (Å²) in [7, 11) is 1.68. The van der Waals surface area contributed by atoms with Crippen molar-refractivity contribution in [2.24, 2.45) is 5.92 Å². The van der Waals surface area contributed by atoms with Crippen molar-refractivity contribution in [3.05, 3.63) is 29.8 Å². The van der Waals surface area contributed by atoms with E-state index in [2.05, 4.69) is 42.1 Å². The fourth-order valence-electron chi connectivity index (χ4n) is 2.19. The lowest BCUT2D eigenvalue weighted by atomic mass is 9.96. The van der Waals surface area contributed by atoms with E-state index in [9.17, 15) is 4.79 Å². The Kier molecular flexibility index (Phi) is 5.09. The topological polar surface area (TPSA) is 50.4 Å². The monoisotopic (exact) mass is 292 g/mol. The first-order valence-corrected chi connectivity index (χ1v) is 7.81. The minimum absolute atomic E-state index is 0.0492. The molecule has 1 aliphatic heterocycles. The maximum absolute atomic E-state index is 11.2. The van der Waals surface area contributed by atoms with Crippen LogP contribution in [0.25, 0.3) is 6.08 Å². The molecule has 2 atom stereocenters. The Morgan fingerprint density at radius 1 is 1.45 bits per heavy atom. The van der Waals surface area contributed by atoms with Gasteiger partial charge >= 0.3 is 0 Å². The molecule has 0 saturated carbocycles. The van der Waals surface area contributed by atoms with Crippen molar-refractivity contribution in [2.45, 2.75) is 24.3 Å². The third-order valence-electron chi connectivity index (χ3n) is 3.40. The first kappa shape index (κ1) is 14.9. The summed E-state index contributed by atoms with van der Waals surface area (Å²) in [5.41, 5.74) is 6.78. The van der Waals surface area contributed by atoms with Gasteiger partial charge < -0.3 is 4.74 Å². The third-order valence-corrected chi connectivity index (χ3v) is 4.18. The molecule has 4 nitrogen and oxygen atoms in total. The Morgan fingerprint density at radius 3 is 2.90 bits per heavy atom. The molecule has 20 heavy (non-hydrogen) atoms. The van der Waals surface area contributed by atoms with Gasteiger partial charge in [-0.05, 0) is 29.9 Å². The highest BCUT2D eigenvalue weighted by Crippen LogP contribution is 2.28. The van der Waals surface area contributed by atoms with Crippen LogP contribution in [0.2, 0.25) is 0 Å². The van der Waals surface area contributed by atoms with Gasteiger partial charge in [-0.25, -0.2) is 5.43 Å². The number of hydrogen-bond donors (Lipinski definition) is 2. The Morgan fingerprint density at radius 2 is 2.25 bits per heavy atom. The number of benzene rings is 1. The molecule has 108 valence electrons. The normalized spacial score (nSPS) is 22.9. The van der Waals surface area contributed by atoms with Crippen molar-refractivity contribution in [2.75, 3.05) is 13.4 Å². The molecule has 1 aromatic rings. The molecule has 2 unspecified atom stereocenters. The van der Waals surface area contributed by atoms with Crippen LogP contribution < -0.4 is 15.6 Å². The van der Waals surface area contributed by atoms with Crippen molar-refractivity contribution < 1.29 is 9.53 Å². The van der Waals surface area contributed by atoms with E-state index >= 15 is 0 Å². The maximum atomic E-state index is 11.2. The molecular weight excluding hydrogens is 272 g/mol. The molecule has 0 spiro atoms. The molecule has 0 aliphatic carbocycles. The summed E-state index contributed by atoms with van der Waals surface area (Å²) in [5.74, 6) is 1.22. The van der Waals surface area contributed by atoms with Gasteiger partial charge in [0, 0.05) is 17.4 Å². The van der Waals surface area contributed by atoms with E-state index in [4.69, 9.17) is 4.74 Å². The van der Waals surface area contributed by atoms with Gasteiger partial charge in [-0.15, -0.1) is 11.8 Å². The van der Waals surface area contributed by atoms with Crippen molar-refractivity contribution in [1.29, 1.82) is 0 Å². The Hall–Kier alpha value is -1.46. The highest BCUT2D eigenvalue weighted by atomic mass is 32.2. The number of hydrogen-bond acceptors (Lipinski definition) is 4. The molecule has 0 radical (unpaired) electrons. The summed E-state index contributed by atoms with van der Waals surface area (Å²) in [6.45, 7) is 2.07. The zero-order valence-electron chi connectivity index (χ0n) is 12.0. The summed E-state index contributed by atoms with van der Waals surface area (Å²) in [6.07, 6.45) is 6.72. The molecular formula is C15H20N2O2S. The predicted octanol–water partition coefficient (Wildman–Crippen LogP) is 2.46. The number of rotatable bonds is 4. The van der Waals surface area contributed by atoms with Crippen LogP contribution in [0, 0.1) is 5.92 Å². The SMILES string of the molecule is COc1cc(/C=C/C2NNC(=O)CC2C)ccc1SC. The second-order valence-corrected chi connectivity index (χ2v) is 5.72. The van der Waals surface area contributed by atoms with Crippen LogP contribution in [0.3, 0.4) is 0 Å². The van der Waals surface area contributed by atoms with Gasteiger partial charge in [0.1, 0.15) is 5.75 Å². The largest absolute Gasteiger partial charge is 0.496 e. The summed E-state index contributed by atoms with van der Waals surface area (Å²) < 4.78 is 5.38. The van der Waals surface area contributed by atoms with Crippen molar-refractivity contribution in [1.82, 2.24) is 10.9 Å². The van der Waals surface area contributed by atoms with Crippen LogP contribution in [-0.4, -0.2) is 25.3 Å². The first-order chi connectivity index (χ1) is 9.63. The molecule has 1 aliphatic rings. The lowest BCUT2D eigenvalue weighted by molar-refractivity contribution is -0.125. The van der Waals surface area contributed by atoms with Crippen LogP contribution in [0.1, 0.15) is 18.9 Å². The van der Waals surface area contributed by atoms with Crippen LogP contribution in [0.4, 0.5) is 0 Å². The molecule has 5 heteroatoms. The molecule has 1 amide bonds. The number of thioether (sulfide) groups is 1. The van der Waals surface area contributed by atoms with E-state index in [1.165, 1.54) is 0 Å². The van der Waals surface area contributed by atoms with Crippen LogP contribution in [0.5, 0.6) is 5.75 Å². The van der Waals surface area contributed by atoms with Gasteiger partial charge in [-0.2, -0.15) is 0 Å². The van der Waals surface area contributed by atoms with Crippen LogP contribution in [0.15, 0.2) is 29.2 Å². The number of carbonyl (C=O) groups is 1. The number of amides is 1. The zero-order chi connectivity index (χ0) is 14.5. The lowest BCUT2D eigenvalue weighted by Gasteiger charge is -2.27. The average Bonchev–Trinajstić information content (AvgIpc) is 2.46. The summed E-state index contributed by atoms with van der Waals surface area (Å²) in [5, 5.41) is 0. The van der Waals surface area contributed by atoms with E-state index in [0.29, 0.717) is 6.42 Å². The van der Waals surface area contributed by atoms with E-state index in [0.717, 1.165) is 16.2 Å². The second kappa shape index (κ2) is 6.81. The van der Waals surface area contributed by atoms with Gasteiger partial charge in [-0.1, -0.05) is 25.1 Å². The number of carbonyl (C=O) groups excluding carboxylic acids is 1. The molecule has 1 saturated heterocycles. The van der Waals surface area contributed by atoms with E-state index < -0.39 is 0 Å². The van der Waals surface area contributed by atoms with Crippen LogP contribution >= 0.6 is 11.8 Å². The second-order valence-electron chi connectivity index (χ2n) is 4.87. The fraction of sp³-hybridized carbons (Fsp3) is 0.400. The van der Waals surface area contributed by atoms with Crippen LogP contribution in [-0.2, 0) is 4.79 Å². The highest BCUT2D eigenvalue weighted by molar-refractivity contribution is 7.98. The molecule has 1 heterocycles. The third kappa shape index (κ3) is 3.55. The summed E-state index contributed by atoms with van der Waals surface area (Å²) in [6, 6.07) is 6.30. The van der Waals surface area contributed by atoms with Crippen molar-refractivity contribution >= 4 is 23.7 Å². The number of methoxy groups -OCH3 is 1. The number of hydrazine groups is 1. The van der Waals surface area contributed by atoms with Crippen molar-refractivity contribution in [3.63, 3.8) is 0 Å². The molecule has 2 rings (SSSR count). The minimum atomic E-state index is 0.0492. The number of nitrogens with one attached hydrogen (secondary N) is 2. The standard InChI is InChI=1S/C15H20N2O2S/c1-10-8-15(18)17-16-12(10)6-4-11-5-7-14(20-3)13(9-11)19-2/h4-7,9-10,12,16H,8H2,1-3H3,(H,17,18)/b6-4+. The fourth-order valence-corrected chi connectivity index (χ4v) is 2.73. The first-order valence-electron chi connectivity index (χ1n) is 6.58. The molecule has 0 aromatic heterocycles. The molecule has 0 bridgehead atoms. The van der Waals surface area contributed by atoms with Gasteiger partial charge in [0.2, 0.25) is 5.91 Å². The summed E-state index contributed by atoms with van der Waals surface area (Å²) in [4.78, 5) is 12.4. The Labute approximate surface area is 123 Å². The van der Waals surface area contributed by atoms with Gasteiger partial charge in [0.25, 0.3) is 0 Å². The average molecular weight is 292 g/mol. The van der Waals surface area contributed by atoms with E-state index in [1.807, 2.05) is 12.3 Å². The molecule has 2 N–H and O–H groups in total. The Bertz CT molecular complexity index is 517. The quantitative estimate of drug-likeness (QED) is 0.837. The maximum Gasteiger partial charge on any atom is 0.234 e. The van der Waals surface area contributed by atoms with Gasteiger partial charge in [-0.3, -0.25) is 10.2 Å². The minimum Gasteiger partial charge on any atom is -0.496 e. The van der Waals surface area contributed by atoms with Gasteiger partial charge in [0.05, 0.1) is 7.11 Å². The number of ether oxygens (including phenoxy) is 1. The Balaban J connectivity index is 2.09.